The molecule has 1 aliphatic rings. The molecule has 1 aliphatic heterocycles. The van der Waals surface area contributed by atoms with Gasteiger partial charge in [0.15, 0.2) is 0 Å². The molecule has 0 bridgehead atoms. The number of aromatic nitrogens is 3. The van der Waals surface area contributed by atoms with Gasteiger partial charge >= 0.3 is 0 Å². The summed E-state index contributed by atoms with van der Waals surface area (Å²) in [6, 6.07) is 16.8. The molecule has 2 N–H and O–H groups in total. The number of carbonyl (C=O) groups excluding carboxylic acids is 1. The number of rotatable bonds is 7. The highest BCUT2D eigenvalue weighted by Gasteiger charge is 2.31. The lowest BCUT2D eigenvalue weighted by atomic mass is 10.0. The van der Waals surface area contributed by atoms with E-state index in [2.05, 4.69) is 16.4 Å². The number of nitrogens with zero attached hydrogens (tertiary/aromatic N) is 5. The highest BCUT2D eigenvalue weighted by Crippen LogP contribution is 2.22. The molecule has 1 amide bonds. The lowest BCUT2D eigenvalue weighted by Crippen LogP contribution is -2.46. The number of hydrogen-bond acceptors (Lipinski definition) is 6. The molecular formula is C24H26N6O2. The maximum absolute atomic E-state index is 12.6. The van der Waals surface area contributed by atoms with Gasteiger partial charge in [0.2, 0.25) is 5.91 Å². The van der Waals surface area contributed by atoms with Crippen molar-refractivity contribution in [3.8, 4) is 23.1 Å². The van der Waals surface area contributed by atoms with E-state index >= 15 is 0 Å². The van der Waals surface area contributed by atoms with E-state index in [1.165, 1.54) is 0 Å². The fourth-order valence-electron chi connectivity index (χ4n) is 4.05. The average molecular weight is 431 g/mol. The molecule has 32 heavy (non-hydrogen) atoms. The highest BCUT2D eigenvalue weighted by molar-refractivity contribution is 5.83. The molecule has 2 atom stereocenters. The van der Waals surface area contributed by atoms with Crippen LogP contribution in [0.25, 0.3) is 11.3 Å². The van der Waals surface area contributed by atoms with Gasteiger partial charge < -0.3 is 15.4 Å². The van der Waals surface area contributed by atoms with Crippen LogP contribution in [0.4, 0.5) is 0 Å². The third kappa shape index (κ3) is 4.63. The second-order valence-corrected chi connectivity index (χ2v) is 7.94. The molecule has 1 fully saturated rings. The van der Waals surface area contributed by atoms with Crippen molar-refractivity contribution in [3.05, 3.63) is 65.9 Å². The van der Waals surface area contributed by atoms with Crippen molar-refractivity contribution in [2.75, 3.05) is 13.7 Å². The van der Waals surface area contributed by atoms with Crippen LogP contribution in [0.2, 0.25) is 0 Å². The molecule has 0 saturated carbocycles. The van der Waals surface area contributed by atoms with E-state index < -0.39 is 6.04 Å². The summed E-state index contributed by atoms with van der Waals surface area (Å²) < 4.78 is 7.18. The van der Waals surface area contributed by atoms with E-state index in [0.717, 1.165) is 41.0 Å². The summed E-state index contributed by atoms with van der Waals surface area (Å²) in [5.41, 5.74) is 9.84. The fraction of sp³-hybridized carbons (Fsp3) is 0.333. The number of hydrogen-bond donors (Lipinski definition) is 1. The Morgan fingerprint density at radius 3 is 2.81 bits per heavy atom. The molecule has 2 aromatic carbocycles. The molecule has 0 unspecified atom stereocenters. The predicted octanol–water partition coefficient (Wildman–Crippen LogP) is 2.39. The van der Waals surface area contributed by atoms with Gasteiger partial charge in [0.25, 0.3) is 0 Å². The number of benzene rings is 2. The summed E-state index contributed by atoms with van der Waals surface area (Å²) in [6.07, 6.45) is 3.89. The number of nitrogens with two attached hydrogens (primary N) is 1. The van der Waals surface area contributed by atoms with Crippen molar-refractivity contribution in [2.24, 2.45) is 5.73 Å². The van der Waals surface area contributed by atoms with Gasteiger partial charge in [0.05, 0.1) is 32.0 Å². The fourth-order valence-corrected chi connectivity index (χ4v) is 4.05. The minimum absolute atomic E-state index is 0.155. The van der Waals surface area contributed by atoms with Gasteiger partial charge in [-0.2, -0.15) is 5.26 Å². The molecule has 2 heterocycles. The van der Waals surface area contributed by atoms with Crippen molar-refractivity contribution >= 4 is 5.91 Å². The van der Waals surface area contributed by atoms with Crippen LogP contribution in [0.15, 0.2) is 54.7 Å². The van der Waals surface area contributed by atoms with Crippen LogP contribution in [0.1, 0.15) is 24.0 Å². The van der Waals surface area contributed by atoms with E-state index in [1.54, 1.807) is 16.7 Å². The van der Waals surface area contributed by atoms with Crippen LogP contribution >= 0.6 is 0 Å². The molecular weight excluding hydrogens is 404 g/mol. The maximum atomic E-state index is 12.6. The van der Waals surface area contributed by atoms with Crippen LogP contribution in [0.3, 0.4) is 0 Å². The molecule has 1 aromatic heterocycles. The van der Waals surface area contributed by atoms with Crippen molar-refractivity contribution in [3.63, 3.8) is 0 Å². The van der Waals surface area contributed by atoms with Crippen LogP contribution in [-0.2, 0) is 17.8 Å². The third-order valence-electron chi connectivity index (χ3n) is 5.77. The monoisotopic (exact) mass is 430 g/mol. The summed E-state index contributed by atoms with van der Waals surface area (Å²) in [5, 5.41) is 17.7. The zero-order valence-electron chi connectivity index (χ0n) is 18.0. The molecule has 4 rings (SSSR count). The van der Waals surface area contributed by atoms with Crippen LogP contribution in [-0.4, -0.2) is 51.5 Å². The Kier molecular flexibility index (Phi) is 6.47. The van der Waals surface area contributed by atoms with Crippen molar-refractivity contribution in [2.45, 2.75) is 37.9 Å². The Morgan fingerprint density at radius 2 is 2.06 bits per heavy atom. The van der Waals surface area contributed by atoms with E-state index in [0.29, 0.717) is 19.5 Å². The van der Waals surface area contributed by atoms with E-state index in [9.17, 15) is 10.1 Å². The van der Waals surface area contributed by atoms with Gasteiger partial charge in [-0.15, -0.1) is 5.10 Å². The molecule has 1 saturated heterocycles. The molecule has 0 radical (unpaired) electrons. The van der Waals surface area contributed by atoms with Crippen LogP contribution in [0, 0.1) is 11.3 Å². The Hall–Kier alpha value is -3.70. The SMILES string of the molecule is COc1ccccc1Cn1cc(-c2ccc(C[C@H](N)C(=O)N3CCC[C@H]3C#N)cc2)nn1. The van der Waals surface area contributed by atoms with Gasteiger partial charge in [-0.25, -0.2) is 4.68 Å². The highest BCUT2D eigenvalue weighted by atomic mass is 16.5. The number of methoxy groups -OCH3 is 1. The topological polar surface area (TPSA) is 110 Å². The molecule has 164 valence electrons. The van der Waals surface area contributed by atoms with E-state index in [-0.39, 0.29) is 11.9 Å². The van der Waals surface area contributed by atoms with Gasteiger partial charge in [-0.1, -0.05) is 47.7 Å². The van der Waals surface area contributed by atoms with Gasteiger partial charge in [-0.3, -0.25) is 4.79 Å². The first-order valence-electron chi connectivity index (χ1n) is 10.7. The first-order chi connectivity index (χ1) is 15.6. The lowest BCUT2D eigenvalue weighted by Gasteiger charge is -2.23. The zero-order chi connectivity index (χ0) is 22.5. The molecule has 8 nitrogen and oxygen atoms in total. The molecule has 8 heteroatoms. The number of nitriles is 1. The lowest BCUT2D eigenvalue weighted by molar-refractivity contribution is -0.132. The number of ether oxygens (including phenoxy) is 1. The quantitative estimate of drug-likeness (QED) is 0.616. The average Bonchev–Trinajstić information content (AvgIpc) is 3.49. The minimum Gasteiger partial charge on any atom is -0.496 e. The Morgan fingerprint density at radius 1 is 1.28 bits per heavy atom. The number of carbonyl (C=O) groups is 1. The smallest absolute Gasteiger partial charge is 0.240 e. The first-order valence-corrected chi connectivity index (χ1v) is 10.7. The number of para-hydroxylation sites is 1. The molecule has 0 aliphatic carbocycles. The van der Waals surface area contributed by atoms with E-state index in [4.69, 9.17) is 10.5 Å². The van der Waals surface area contributed by atoms with E-state index in [1.807, 2.05) is 54.7 Å². The number of likely N-dealkylation sites (tertiary alicyclic amines) is 1. The van der Waals surface area contributed by atoms with Crippen molar-refractivity contribution in [1.29, 1.82) is 5.26 Å². The van der Waals surface area contributed by atoms with Gasteiger partial charge in [-0.05, 0) is 30.9 Å². The largest absolute Gasteiger partial charge is 0.496 e. The van der Waals surface area contributed by atoms with Crippen LogP contribution in [0.5, 0.6) is 5.75 Å². The predicted molar refractivity (Wildman–Crippen MR) is 120 cm³/mol. The van der Waals surface area contributed by atoms with Crippen molar-refractivity contribution in [1.82, 2.24) is 19.9 Å². The molecule has 3 aromatic rings. The maximum Gasteiger partial charge on any atom is 0.240 e. The zero-order valence-corrected chi connectivity index (χ0v) is 18.0. The summed E-state index contributed by atoms with van der Waals surface area (Å²) in [6.45, 7) is 1.17. The normalized spacial score (nSPS) is 16.5. The van der Waals surface area contributed by atoms with Gasteiger partial charge in [0, 0.05) is 17.7 Å². The Bertz CT molecular complexity index is 1120. The second-order valence-electron chi connectivity index (χ2n) is 7.94. The molecule has 0 spiro atoms. The summed E-state index contributed by atoms with van der Waals surface area (Å²) in [4.78, 5) is 14.2. The third-order valence-corrected chi connectivity index (χ3v) is 5.77. The summed E-state index contributed by atoms with van der Waals surface area (Å²) in [7, 11) is 1.65. The summed E-state index contributed by atoms with van der Waals surface area (Å²) >= 11 is 0. The standard InChI is InChI=1S/C24H26N6O2/c1-32-23-7-3-2-5-19(23)15-29-16-22(27-28-29)18-10-8-17(9-11-18)13-21(26)24(31)30-12-4-6-20(30)14-25/h2-3,5,7-11,16,20-21H,4,6,12-13,15,26H2,1H3/t20-,21-/m0/s1. The summed E-state index contributed by atoms with van der Waals surface area (Å²) in [5.74, 6) is 0.659. The Balaban J connectivity index is 1.40. The Labute approximate surface area is 187 Å². The van der Waals surface area contributed by atoms with Crippen molar-refractivity contribution < 1.29 is 9.53 Å². The first kappa shape index (κ1) is 21.5. The van der Waals surface area contributed by atoms with Gasteiger partial charge in [0.1, 0.15) is 17.5 Å². The van der Waals surface area contributed by atoms with Crippen LogP contribution < -0.4 is 10.5 Å². The minimum atomic E-state index is -0.656. The number of amides is 1. The second kappa shape index (κ2) is 9.62.